The van der Waals surface area contributed by atoms with E-state index in [1.165, 1.54) is 0 Å². The maximum Gasteiger partial charge on any atom is 0.311 e. The molecule has 0 aromatic heterocycles. The van der Waals surface area contributed by atoms with Gasteiger partial charge in [0.25, 0.3) is 0 Å². The number of nitrogens with zero attached hydrogens (tertiary/aromatic N) is 2. The van der Waals surface area contributed by atoms with Crippen molar-refractivity contribution in [1.82, 2.24) is 4.31 Å². The SMILES string of the molecule is N#Cc1cc(F)ccc1S(=O)(=O)N1C[C@@H]2CCC[C@@]2(C(=O)O)C1. The number of sulfonamides is 1. The number of rotatable bonds is 3. The fourth-order valence-corrected chi connectivity index (χ4v) is 5.41. The second kappa shape index (κ2) is 5.28. The number of halogens is 1. The molecule has 2 fully saturated rings. The first kappa shape index (κ1) is 15.9. The summed E-state index contributed by atoms with van der Waals surface area (Å²) in [6.07, 6.45) is 1.89. The van der Waals surface area contributed by atoms with Crippen LogP contribution in [0.1, 0.15) is 24.8 Å². The molecule has 0 amide bonds. The number of nitriles is 1. The molecular weight excluding hydrogens is 323 g/mol. The van der Waals surface area contributed by atoms with Crippen LogP contribution in [-0.2, 0) is 14.8 Å². The summed E-state index contributed by atoms with van der Waals surface area (Å²) in [6.45, 7) is 0.0223. The summed E-state index contributed by atoms with van der Waals surface area (Å²) >= 11 is 0. The lowest BCUT2D eigenvalue weighted by molar-refractivity contribution is -0.149. The van der Waals surface area contributed by atoms with E-state index < -0.39 is 27.2 Å². The normalized spacial score (nSPS) is 27.6. The van der Waals surface area contributed by atoms with Gasteiger partial charge >= 0.3 is 5.97 Å². The van der Waals surface area contributed by atoms with E-state index in [9.17, 15) is 22.7 Å². The van der Waals surface area contributed by atoms with Crippen LogP contribution in [0.3, 0.4) is 0 Å². The van der Waals surface area contributed by atoms with Crippen molar-refractivity contribution in [3.8, 4) is 6.07 Å². The molecule has 1 saturated carbocycles. The van der Waals surface area contributed by atoms with E-state index in [-0.39, 0.29) is 29.5 Å². The van der Waals surface area contributed by atoms with Crippen LogP contribution in [0.25, 0.3) is 0 Å². The maximum atomic E-state index is 13.2. The van der Waals surface area contributed by atoms with Crippen LogP contribution < -0.4 is 0 Å². The highest BCUT2D eigenvalue weighted by Gasteiger charge is 2.57. The predicted molar refractivity (Wildman–Crippen MR) is 77.3 cm³/mol. The summed E-state index contributed by atoms with van der Waals surface area (Å²) in [7, 11) is -4.03. The van der Waals surface area contributed by atoms with Crippen molar-refractivity contribution in [2.75, 3.05) is 13.1 Å². The third-order valence-electron chi connectivity index (χ3n) is 4.95. The third-order valence-corrected chi connectivity index (χ3v) is 6.82. The number of carboxylic acids is 1. The molecule has 2 atom stereocenters. The monoisotopic (exact) mass is 338 g/mol. The van der Waals surface area contributed by atoms with Crippen molar-refractivity contribution in [1.29, 1.82) is 5.26 Å². The Kier molecular flexibility index (Phi) is 3.65. The average Bonchev–Trinajstić information content (AvgIpc) is 3.04. The van der Waals surface area contributed by atoms with Gasteiger partial charge in [-0.15, -0.1) is 0 Å². The standard InChI is InChI=1S/C15H15FN2O4S/c16-12-3-4-13(10(6-12)7-17)23(21,22)18-8-11-2-1-5-15(11,9-18)14(19)20/h3-4,6,11H,1-2,5,8-9H2,(H,19,20)/t11-,15+/m0/s1. The van der Waals surface area contributed by atoms with Gasteiger partial charge in [-0.2, -0.15) is 9.57 Å². The first-order valence-corrected chi connectivity index (χ1v) is 8.68. The lowest BCUT2D eigenvalue weighted by Crippen LogP contribution is -2.37. The Bertz CT molecular complexity index is 817. The van der Waals surface area contributed by atoms with Gasteiger partial charge in [0.2, 0.25) is 10.0 Å². The lowest BCUT2D eigenvalue weighted by Gasteiger charge is -2.23. The van der Waals surface area contributed by atoms with Crippen molar-refractivity contribution in [3.05, 3.63) is 29.6 Å². The summed E-state index contributed by atoms with van der Waals surface area (Å²) < 4.78 is 39.9. The Balaban J connectivity index is 2.00. The summed E-state index contributed by atoms with van der Waals surface area (Å²) in [4.78, 5) is 11.4. The predicted octanol–water partition coefficient (Wildman–Crippen LogP) is 1.57. The molecule has 1 saturated heterocycles. The zero-order chi connectivity index (χ0) is 16.8. The molecule has 0 spiro atoms. The fraction of sp³-hybridized carbons (Fsp3) is 0.467. The molecule has 8 heteroatoms. The minimum atomic E-state index is -4.03. The Morgan fingerprint density at radius 2 is 2.22 bits per heavy atom. The second-order valence-electron chi connectivity index (χ2n) is 6.10. The van der Waals surface area contributed by atoms with Crippen molar-refractivity contribution >= 4 is 16.0 Å². The number of carboxylic acid groups (broad SMARTS) is 1. The Morgan fingerprint density at radius 1 is 1.48 bits per heavy atom. The summed E-state index contributed by atoms with van der Waals surface area (Å²) in [6, 6.07) is 4.60. The largest absolute Gasteiger partial charge is 0.481 e. The number of fused-ring (bicyclic) bond motifs is 1. The molecule has 1 aromatic rings. The van der Waals surface area contributed by atoms with Crippen LogP contribution in [0.15, 0.2) is 23.1 Å². The molecule has 2 aliphatic rings. The highest BCUT2D eigenvalue weighted by Crippen LogP contribution is 2.50. The minimum absolute atomic E-state index is 0.0996. The molecule has 0 bridgehead atoms. The first-order chi connectivity index (χ1) is 10.8. The topological polar surface area (TPSA) is 98.5 Å². The molecule has 23 heavy (non-hydrogen) atoms. The Labute approximate surface area is 133 Å². The van der Waals surface area contributed by atoms with E-state index in [0.29, 0.717) is 12.8 Å². The number of hydrogen-bond donors (Lipinski definition) is 1. The fourth-order valence-electron chi connectivity index (χ4n) is 3.73. The first-order valence-electron chi connectivity index (χ1n) is 7.24. The number of aliphatic carboxylic acids is 1. The van der Waals surface area contributed by atoms with Crippen molar-refractivity contribution in [2.24, 2.45) is 11.3 Å². The average molecular weight is 338 g/mol. The maximum absolute atomic E-state index is 13.2. The number of benzene rings is 1. The summed E-state index contributed by atoms with van der Waals surface area (Å²) in [5, 5.41) is 18.6. The van der Waals surface area contributed by atoms with Crippen molar-refractivity contribution in [2.45, 2.75) is 24.2 Å². The van der Waals surface area contributed by atoms with E-state index in [4.69, 9.17) is 5.26 Å². The lowest BCUT2D eigenvalue weighted by atomic mass is 9.81. The van der Waals surface area contributed by atoms with Crippen LogP contribution in [0.2, 0.25) is 0 Å². The molecule has 3 rings (SSSR count). The van der Waals surface area contributed by atoms with E-state index in [1.807, 2.05) is 0 Å². The van der Waals surface area contributed by atoms with Crippen LogP contribution >= 0.6 is 0 Å². The van der Waals surface area contributed by atoms with E-state index in [0.717, 1.165) is 28.9 Å². The zero-order valence-electron chi connectivity index (χ0n) is 12.2. The molecule has 0 unspecified atom stereocenters. The van der Waals surface area contributed by atoms with Gasteiger partial charge in [-0.1, -0.05) is 6.42 Å². The Morgan fingerprint density at radius 3 is 2.83 bits per heavy atom. The van der Waals surface area contributed by atoms with Gasteiger partial charge in [-0.05, 0) is 37.0 Å². The third kappa shape index (κ3) is 2.31. The Hall–Kier alpha value is -1.98. The van der Waals surface area contributed by atoms with Crippen molar-refractivity contribution in [3.63, 3.8) is 0 Å². The van der Waals surface area contributed by atoms with Crippen LogP contribution in [0, 0.1) is 28.5 Å². The molecule has 1 aliphatic carbocycles. The number of carbonyl (C=O) groups is 1. The van der Waals surface area contributed by atoms with Gasteiger partial charge in [-0.3, -0.25) is 4.79 Å². The summed E-state index contributed by atoms with van der Waals surface area (Å²) in [5.41, 5.74) is -1.31. The molecule has 1 aliphatic heterocycles. The van der Waals surface area contributed by atoms with Crippen LogP contribution in [0.4, 0.5) is 4.39 Å². The van der Waals surface area contributed by atoms with Gasteiger partial charge in [0.15, 0.2) is 0 Å². The van der Waals surface area contributed by atoms with Crippen LogP contribution in [-0.4, -0.2) is 36.9 Å². The van der Waals surface area contributed by atoms with E-state index in [2.05, 4.69) is 0 Å². The van der Waals surface area contributed by atoms with E-state index in [1.54, 1.807) is 6.07 Å². The van der Waals surface area contributed by atoms with E-state index >= 15 is 0 Å². The molecule has 1 heterocycles. The van der Waals surface area contributed by atoms with Crippen molar-refractivity contribution < 1.29 is 22.7 Å². The zero-order valence-corrected chi connectivity index (χ0v) is 13.0. The van der Waals surface area contributed by atoms with Gasteiger partial charge in [0.1, 0.15) is 16.8 Å². The van der Waals surface area contributed by atoms with Gasteiger partial charge in [0.05, 0.1) is 11.0 Å². The molecule has 122 valence electrons. The van der Waals surface area contributed by atoms with Crippen LogP contribution in [0.5, 0.6) is 0 Å². The molecular formula is C15H15FN2O4S. The second-order valence-corrected chi connectivity index (χ2v) is 8.01. The minimum Gasteiger partial charge on any atom is -0.481 e. The molecule has 1 N–H and O–H groups in total. The van der Waals surface area contributed by atoms with Gasteiger partial charge in [-0.25, -0.2) is 12.8 Å². The highest BCUT2D eigenvalue weighted by atomic mass is 32.2. The quantitative estimate of drug-likeness (QED) is 0.902. The highest BCUT2D eigenvalue weighted by molar-refractivity contribution is 7.89. The molecule has 0 radical (unpaired) electrons. The molecule has 1 aromatic carbocycles. The van der Waals surface area contributed by atoms with Gasteiger partial charge < -0.3 is 5.11 Å². The number of hydrogen-bond acceptors (Lipinski definition) is 4. The molecule has 6 nitrogen and oxygen atoms in total. The summed E-state index contributed by atoms with van der Waals surface area (Å²) in [5.74, 6) is -1.89. The smallest absolute Gasteiger partial charge is 0.311 e. The van der Waals surface area contributed by atoms with Gasteiger partial charge in [0, 0.05) is 13.1 Å².